The Kier molecular flexibility index (Phi) is 5.94. The molecule has 1 saturated heterocycles. The molecular formula is C22H29N3O5. The summed E-state index contributed by atoms with van der Waals surface area (Å²) < 4.78 is 10.2. The fourth-order valence-electron chi connectivity index (χ4n) is 4.99. The van der Waals surface area contributed by atoms with Gasteiger partial charge in [-0.3, -0.25) is 9.59 Å². The quantitative estimate of drug-likeness (QED) is 0.701. The molecule has 3 N–H and O–H groups in total. The molecule has 1 aromatic carbocycles. The largest absolute Gasteiger partial charge is 0.453 e. The smallest absolute Gasteiger partial charge is 0.407 e. The van der Waals surface area contributed by atoms with Gasteiger partial charge in [0, 0.05) is 24.6 Å². The van der Waals surface area contributed by atoms with Crippen molar-refractivity contribution in [3.63, 3.8) is 0 Å². The zero-order valence-electron chi connectivity index (χ0n) is 17.3. The fourth-order valence-corrected chi connectivity index (χ4v) is 4.99. The number of carbonyl (C=O) groups is 3. The van der Waals surface area contributed by atoms with E-state index in [0.29, 0.717) is 31.7 Å². The van der Waals surface area contributed by atoms with Crippen LogP contribution in [0.25, 0.3) is 0 Å². The summed E-state index contributed by atoms with van der Waals surface area (Å²) in [7, 11) is 1.29. The normalized spacial score (nSPS) is 21.4. The SMILES string of the molecule is COC(=O)NC(C(=O)Nc1ccc2c(c1)NC(=O)C21CCOCC1)C1CCCCC1. The molecule has 2 fully saturated rings. The Morgan fingerprint density at radius 3 is 2.63 bits per heavy atom. The van der Waals surface area contributed by atoms with Gasteiger partial charge in [0.05, 0.1) is 12.5 Å². The van der Waals surface area contributed by atoms with Crippen LogP contribution in [0.5, 0.6) is 0 Å². The molecule has 162 valence electrons. The number of fused-ring (bicyclic) bond motifs is 2. The summed E-state index contributed by atoms with van der Waals surface area (Å²) in [4.78, 5) is 37.5. The zero-order chi connectivity index (χ0) is 21.1. The van der Waals surface area contributed by atoms with Crippen LogP contribution >= 0.6 is 0 Å². The summed E-state index contributed by atoms with van der Waals surface area (Å²) in [6.45, 7) is 1.13. The molecule has 0 bridgehead atoms. The molecule has 30 heavy (non-hydrogen) atoms. The van der Waals surface area contributed by atoms with Gasteiger partial charge in [-0.2, -0.15) is 0 Å². The van der Waals surface area contributed by atoms with Gasteiger partial charge in [-0.05, 0) is 49.3 Å². The summed E-state index contributed by atoms with van der Waals surface area (Å²) in [6.07, 6.45) is 5.75. The number of rotatable bonds is 4. The highest BCUT2D eigenvalue weighted by Gasteiger charge is 2.47. The molecular weight excluding hydrogens is 386 g/mol. The number of ether oxygens (including phenoxy) is 2. The predicted octanol–water partition coefficient (Wildman–Crippen LogP) is 2.93. The fraction of sp³-hybridized carbons (Fsp3) is 0.591. The van der Waals surface area contributed by atoms with Crippen LogP contribution in [-0.2, 0) is 24.5 Å². The maximum Gasteiger partial charge on any atom is 0.407 e. The Balaban J connectivity index is 1.51. The number of benzene rings is 1. The van der Waals surface area contributed by atoms with Gasteiger partial charge in [0.15, 0.2) is 0 Å². The van der Waals surface area contributed by atoms with Crippen LogP contribution < -0.4 is 16.0 Å². The Bertz CT molecular complexity index is 828. The molecule has 0 aromatic heterocycles. The lowest BCUT2D eigenvalue weighted by molar-refractivity contribution is -0.124. The van der Waals surface area contributed by atoms with Crippen LogP contribution in [0.4, 0.5) is 16.2 Å². The Morgan fingerprint density at radius 1 is 1.20 bits per heavy atom. The van der Waals surface area contributed by atoms with E-state index in [-0.39, 0.29) is 17.7 Å². The highest BCUT2D eigenvalue weighted by molar-refractivity contribution is 6.07. The van der Waals surface area contributed by atoms with Crippen molar-refractivity contribution in [2.75, 3.05) is 31.0 Å². The Hall–Kier alpha value is -2.61. The van der Waals surface area contributed by atoms with Crippen molar-refractivity contribution in [2.45, 2.75) is 56.4 Å². The van der Waals surface area contributed by atoms with Gasteiger partial charge >= 0.3 is 6.09 Å². The van der Waals surface area contributed by atoms with Gasteiger partial charge in [-0.1, -0.05) is 25.3 Å². The molecule has 2 aliphatic heterocycles. The Morgan fingerprint density at radius 2 is 1.93 bits per heavy atom. The predicted molar refractivity (Wildman–Crippen MR) is 111 cm³/mol. The Labute approximate surface area is 176 Å². The third kappa shape index (κ3) is 3.88. The topological polar surface area (TPSA) is 106 Å². The van der Waals surface area contributed by atoms with Gasteiger partial charge in [-0.25, -0.2) is 4.79 Å². The number of carbonyl (C=O) groups excluding carboxylic acids is 3. The van der Waals surface area contributed by atoms with Crippen molar-refractivity contribution in [1.82, 2.24) is 5.32 Å². The molecule has 1 spiro atoms. The van der Waals surface area contributed by atoms with E-state index < -0.39 is 17.6 Å². The van der Waals surface area contributed by atoms with E-state index >= 15 is 0 Å². The average molecular weight is 415 g/mol. The van der Waals surface area contributed by atoms with E-state index in [1.807, 2.05) is 12.1 Å². The molecule has 0 radical (unpaired) electrons. The average Bonchev–Trinajstić information content (AvgIpc) is 3.03. The first-order chi connectivity index (χ1) is 14.5. The molecule has 3 aliphatic rings. The first-order valence-corrected chi connectivity index (χ1v) is 10.7. The lowest BCUT2D eigenvalue weighted by Crippen LogP contribution is -2.49. The van der Waals surface area contributed by atoms with E-state index in [0.717, 1.165) is 43.4 Å². The summed E-state index contributed by atoms with van der Waals surface area (Å²) in [5.74, 6) is -0.188. The second-order valence-electron chi connectivity index (χ2n) is 8.41. The number of amides is 3. The number of hydrogen-bond donors (Lipinski definition) is 3. The number of alkyl carbamates (subject to hydrolysis) is 1. The highest BCUT2D eigenvalue weighted by Crippen LogP contribution is 2.45. The third-order valence-electron chi connectivity index (χ3n) is 6.69. The van der Waals surface area contributed by atoms with Crippen LogP contribution in [0.3, 0.4) is 0 Å². The number of anilines is 2. The molecule has 8 nitrogen and oxygen atoms in total. The monoisotopic (exact) mass is 415 g/mol. The number of hydrogen-bond acceptors (Lipinski definition) is 5. The number of methoxy groups -OCH3 is 1. The standard InChI is InChI=1S/C22H29N3O5/c1-29-21(28)25-18(14-5-3-2-4-6-14)19(26)23-15-7-8-16-17(13-15)24-20(27)22(16)9-11-30-12-10-22/h7-8,13-14,18H,2-6,9-12H2,1H3,(H,23,26)(H,24,27)(H,25,28). The van der Waals surface area contributed by atoms with Gasteiger partial charge in [-0.15, -0.1) is 0 Å². The van der Waals surface area contributed by atoms with Crippen LogP contribution in [0.2, 0.25) is 0 Å². The lowest BCUT2D eigenvalue weighted by Gasteiger charge is -2.31. The molecule has 1 unspecified atom stereocenters. The molecule has 1 atom stereocenters. The second-order valence-corrected chi connectivity index (χ2v) is 8.41. The van der Waals surface area contributed by atoms with Crippen molar-refractivity contribution >= 4 is 29.3 Å². The maximum absolute atomic E-state index is 13.0. The lowest BCUT2D eigenvalue weighted by atomic mass is 9.75. The summed E-state index contributed by atoms with van der Waals surface area (Å²) in [5.41, 5.74) is 1.75. The second kappa shape index (κ2) is 8.63. The van der Waals surface area contributed by atoms with Crippen LogP contribution in [-0.4, -0.2) is 44.3 Å². The van der Waals surface area contributed by atoms with E-state index in [1.165, 1.54) is 7.11 Å². The first kappa shape index (κ1) is 20.7. The van der Waals surface area contributed by atoms with E-state index in [9.17, 15) is 14.4 Å². The summed E-state index contributed by atoms with van der Waals surface area (Å²) in [5, 5.41) is 8.59. The van der Waals surface area contributed by atoms with Crippen LogP contribution in [0.15, 0.2) is 18.2 Å². The molecule has 1 aliphatic carbocycles. The molecule has 1 saturated carbocycles. The summed E-state index contributed by atoms with van der Waals surface area (Å²) in [6, 6.07) is 4.88. The van der Waals surface area contributed by atoms with Crippen molar-refractivity contribution in [3.8, 4) is 0 Å². The van der Waals surface area contributed by atoms with E-state index in [2.05, 4.69) is 16.0 Å². The minimum Gasteiger partial charge on any atom is -0.453 e. The van der Waals surface area contributed by atoms with Crippen molar-refractivity contribution in [1.29, 1.82) is 0 Å². The maximum atomic E-state index is 13.0. The minimum atomic E-state index is -0.651. The minimum absolute atomic E-state index is 0.00304. The van der Waals surface area contributed by atoms with Crippen LogP contribution in [0.1, 0.15) is 50.5 Å². The van der Waals surface area contributed by atoms with Gasteiger partial charge in [0.2, 0.25) is 11.8 Å². The van der Waals surface area contributed by atoms with Crippen LogP contribution in [0, 0.1) is 5.92 Å². The van der Waals surface area contributed by atoms with Crippen molar-refractivity contribution in [2.24, 2.45) is 5.92 Å². The van der Waals surface area contributed by atoms with Gasteiger partial charge in [0.25, 0.3) is 0 Å². The molecule has 2 heterocycles. The molecule has 8 heteroatoms. The van der Waals surface area contributed by atoms with E-state index in [1.54, 1.807) is 6.07 Å². The highest BCUT2D eigenvalue weighted by atomic mass is 16.5. The van der Waals surface area contributed by atoms with Gasteiger partial charge < -0.3 is 25.4 Å². The van der Waals surface area contributed by atoms with E-state index in [4.69, 9.17) is 9.47 Å². The van der Waals surface area contributed by atoms with Crippen molar-refractivity contribution < 1.29 is 23.9 Å². The first-order valence-electron chi connectivity index (χ1n) is 10.7. The molecule has 3 amide bonds. The molecule has 4 rings (SSSR count). The molecule has 1 aromatic rings. The van der Waals surface area contributed by atoms with Crippen molar-refractivity contribution in [3.05, 3.63) is 23.8 Å². The van der Waals surface area contributed by atoms with Gasteiger partial charge in [0.1, 0.15) is 6.04 Å². The number of nitrogens with one attached hydrogen (secondary N) is 3. The third-order valence-corrected chi connectivity index (χ3v) is 6.69. The summed E-state index contributed by atoms with van der Waals surface area (Å²) >= 11 is 0. The zero-order valence-corrected chi connectivity index (χ0v) is 17.3.